The van der Waals surface area contributed by atoms with Crippen LogP contribution in [-0.2, 0) is 16.6 Å². The van der Waals surface area contributed by atoms with Crippen LogP contribution >= 0.6 is 0 Å². The highest BCUT2D eigenvalue weighted by atomic mass is 32.2. The fourth-order valence-electron chi connectivity index (χ4n) is 1.94. The molecule has 0 saturated heterocycles. The van der Waals surface area contributed by atoms with Gasteiger partial charge in [-0.1, -0.05) is 6.07 Å². The lowest BCUT2D eigenvalue weighted by atomic mass is 10.3. The van der Waals surface area contributed by atoms with E-state index >= 15 is 0 Å². The normalized spacial score (nSPS) is 16.4. The number of hydrogen-bond donors (Lipinski definition) is 1. The molecule has 0 atom stereocenters. The van der Waals surface area contributed by atoms with E-state index in [4.69, 9.17) is 0 Å². The van der Waals surface area contributed by atoms with Gasteiger partial charge in [0.15, 0.2) is 5.03 Å². The topological polar surface area (TPSA) is 62.3 Å². The minimum absolute atomic E-state index is 0.349. The lowest BCUT2D eigenvalue weighted by Gasteiger charge is -2.22. The van der Waals surface area contributed by atoms with Crippen molar-refractivity contribution in [3.05, 3.63) is 23.9 Å². The Morgan fingerprint density at radius 2 is 2.05 bits per heavy atom. The first-order valence-electron chi connectivity index (χ1n) is 6.42. The molecule has 1 N–H and O–H groups in total. The van der Waals surface area contributed by atoms with E-state index < -0.39 is 28.8 Å². The quantitative estimate of drug-likeness (QED) is 0.862. The van der Waals surface area contributed by atoms with Gasteiger partial charge >= 0.3 is 6.18 Å². The van der Waals surface area contributed by atoms with E-state index in [-0.39, 0.29) is 5.03 Å². The third-order valence-electron chi connectivity index (χ3n) is 3.04. The molecule has 5 nitrogen and oxygen atoms in total. The summed E-state index contributed by atoms with van der Waals surface area (Å²) in [6.07, 6.45) is -2.32. The Bertz CT molecular complexity index is 583. The van der Waals surface area contributed by atoms with Crippen LogP contribution in [0.15, 0.2) is 23.4 Å². The van der Waals surface area contributed by atoms with Gasteiger partial charge in [-0.05, 0) is 31.5 Å². The van der Waals surface area contributed by atoms with Gasteiger partial charge in [-0.25, -0.2) is 13.4 Å². The van der Waals surface area contributed by atoms with Crippen molar-refractivity contribution in [2.45, 2.75) is 36.6 Å². The Labute approximate surface area is 121 Å². The summed E-state index contributed by atoms with van der Waals surface area (Å²) in [4.78, 5) is 3.79. The Balaban J connectivity index is 2.25. The van der Waals surface area contributed by atoms with Crippen LogP contribution in [0.5, 0.6) is 0 Å². The number of rotatable bonds is 6. The Morgan fingerprint density at radius 3 is 2.48 bits per heavy atom. The molecular weight excluding hydrogens is 307 g/mol. The van der Waals surface area contributed by atoms with Crippen LogP contribution in [0.25, 0.3) is 0 Å². The molecule has 0 radical (unpaired) electrons. The zero-order valence-corrected chi connectivity index (χ0v) is 12.2. The summed E-state index contributed by atoms with van der Waals surface area (Å²) in [5.41, 5.74) is 0.755. The van der Waals surface area contributed by atoms with Crippen LogP contribution in [0.1, 0.15) is 18.4 Å². The van der Waals surface area contributed by atoms with Gasteiger partial charge < -0.3 is 5.32 Å². The molecule has 2 rings (SSSR count). The van der Waals surface area contributed by atoms with Gasteiger partial charge in [-0.3, -0.25) is 0 Å². The molecule has 0 aliphatic heterocycles. The minimum Gasteiger partial charge on any atom is -0.316 e. The smallest absolute Gasteiger partial charge is 0.316 e. The lowest BCUT2D eigenvalue weighted by molar-refractivity contribution is -0.137. The van der Waals surface area contributed by atoms with Gasteiger partial charge in [-0.2, -0.15) is 17.5 Å². The van der Waals surface area contributed by atoms with Crippen LogP contribution < -0.4 is 5.32 Å². The molecule has 0 aromatic carbocycles. The second kappa shape index (κ2) is 5.90. The maximum absolute atomic E-state index is 12.6. The summed E-state index contributed by atoms with van der Waals surface area (Å²) < 4.78 is 62.8. The molecule has 1 aromatic rings. The number of aromatic nitrogens is 1. The zero-order valence-electron chi connectivity index (χ0n) is 11.4. The van der Waals surface area contributed by atoms with E-state index in [1.807, 2.05) is 0 Å². The van der Waals surface area contributed by atoms with E-state index in [1.54, 1.807) is 7.05 Å². The van der Waals surface area contributed by atoms with Crippen LogP contribution in [0, 0.1) is 0 Å². The molecule has 1 aromatic heterocycles. The van der Waals surface area contributed by atoms with Crippen LogP contribution in [0.2, 0.25) is 0 Å². The average molecular weight is 323 g/mol. The largest absolute Gasteiger partial charge is 0.402 e. The predicted octanol–water partition coefficient (Wildman–Crippen LogP) is 1.52. The SMILES string of the molecule is CNCc1ccc(S(=O)(=O)N(CC(F)(F)F)C2CC2)nc1. The van der Waals surface area contributed by atoms with Crippen LogP contribution in [0.3, 0.4) is 0 Å². The van der Waals surface area contributed by atoms with Crippen molar-refractivity contribution in [2.75, 3.05) is 13.6 Å². The number of sulfonamides is 1. The second-order valence-corrected chi connectivity index (χ2v) is 6.77. The molecule has 1 aliphatic carbocycles. The van der Waals surface area contributed by atoms with Gasteiger partial charge in [0, 0.05) is 18.8 Å². The summed E-state index contributed by atoms with van der Waals surface area (Å²) in [5.74, 6) is 0. The number of hydrogen-bond acceptors (Lipinski definition) is 4. The van der Waals surface area contributed by atoms with Crippen LogP contribution in [-0.4, -0.2) is 43.5 Å². The van der Waals surface area contributed by atoms with Crippen molar-refractivity contribution in [1.82, 2.24) is 14.6 Å². The summed E-state index contributed by atoms with van der Waals surface area (Å²) in [5, 5.41) is 2.53. The van der Waals surface area contributed by atoms with E-state index in [0.29, 0.717) is 23.7 Å². The molecule has 0 bridgehead atoms. The molecule has 1 heterocycles. The molecule has 0 unspecified atom stereocenters. The van der Waals surface area contributed by atoms with Gasteiger partial charge in [0.05, 0.1) is 0 Å². The van der Waals surface area contributed by atoms with Gasteiger partial charge in [-0.15, -0.1) is 0 Å². The summed E-state index contributed by atoms with van der Waals surface area (Å²) >= 11 is 0. The molecule has 1 fully saturated rings. The molecule has 9 heteroatoms. The van der Waals surface area contributed by atoms with Crippen molar-refractivity contribution in [1.29, 1.82) is 0 Å². The molecule has 118 valence electrons. The second-order valence-electron chi connectivity index (χ2n) is 4.93. The van der Waals surface area contributed by atoms with Crippen LogP contribution in [0.4, 0.5) is 13.2 Å². The molecular formula is C12H16F3N3O2S. The zero-order chi connectivity index (χ0) is 15.7. The van der Waals surface area contributed by atoms with Crippen molar-refractivity contribution < 1.29 is 21.6 Å². The fourth-order valence-corrected chi connectivity index (χ4v) is 3.53. The van der Waals surface area contributed by atoms with E-state index in [2.05, 4.69) is 10.3 Å². The monoisotopic (exact) mass is 323 g/mol. The highest BCUT2D eigenvalue weighted by Gasteiger charge is 2.45. The molecule has 1 saturated carbocycles. The highest BCUT2D eigenvalue weighted by molar-refractivity contribution is 7.89. The highest BCUT2D eigenvalue weighted by Crippen LogP contribution is 2.34. The van der Waals surface area contributed by atoms with E-state index in [1.165, 1.54) is 18.3 Å². The first-order valence-corrected chi connectivity index (χ1v) is 7.86. The standard InChI is InChI=1S/C12H16F3N3O2S/c1-16-6-9-2-5-11(17-7-9)21(19,20)18(10-3-4-10)8-12(13,14)15/h2,5,7,10,16H,3-4,6,8H2,1H3. The lowest BCUT2D eigenvalue weighted by Crippen LogP contribution is -2.40. The summed E-state index contributed by atoms with van der Waals surface area (Å²) in [6.45, 7) is -0.970. The van der Waals surface area contributed by atoms with Crippen molar-refractivity contribution in [3.8, 4) is 0 Å². The first-order chi connectivity index (χ1) is 9.74. The number of halogens is 3. The van der Waals surface area contributed by atoms with Gasteiger partial charge in [0.1, 0.15) is 6.54 Å². The van der Waals surface area contributed by atoms with Gasteiger partial charge in [0.2, 0.25) is 0 Å². The molecule has 0 spiro atoms. The maximum Gasteiger partial charge on any atom is 0.402 e. The number of pyridine rings is 1. The molecule has 1 aliphatic rings. The van der Waals surface area contributed by atoms with E-state index in [0.717, 1.165) is 5.56 Å². The third-order valence-corrected chi connectivity index (χ3v) is 4.86. The van der Waals surface area contributed by atoms with Crippen molar-refractivity contribution in [2.24, 2.45) is 0 Å². The maximum atomic E-state index is 12.6. The number of nitrogens with one attached hydrogen (secondary N) is 1. The number of nitrogens with zero attached hydrogens (tertiary/aromatic N) is 2. The molecule has 21 heavy (non-hydrogen) atoms. The van der Waals surface area contributed by atoms with Crippen molar-refractivity contribution in [3.63, 3.8) is 0 Å². The Kier molecular flexibility index (Phi) is 4.54. The third kappa shape index (κ3) is 4.14. The fraction of sp³-hybridized carbons (Fsp3) is 0.583. The average Bonchev–Trinajstić information content (AvgIpc) is 3.20. The first kappa shape index (κ1) is 16.2. The van der Waals surface area contributed by atoms with E-state index in [9.17, 15) is 21.6 Å². The Morgan fingerprint density at radius 1 is 1.38 bits per heavy atom. The number of alkyl halides is 3. The Hall–Kier alpha value is -1.19. The molecule has 0 amide bonds. The minimum atomic E-state index is -4.57. The van der Waals surface area contributed by atoms with Crippen molar-refractivity contribution >= 4 is 10.0 Å². The predicted molar refractivity (Wildman–Crippen MR) is 70.0 cm³/mol. The summed E-state index contributed by atoms with van der Waals surface area (Å²) in [7, 11) is -2.50. The summed E-state index contributed by atoms with van der Waals surface area (Å²) in [6, 6.07) is 2.21. The van der Waals surface area contributed by atoms with Gasteiger partial charge in [0.25, 0.3) is 10.0 Å².